The van der Waals surface area contributed by atoms with Gasteiger partial charge >= 0.3 is 5.97 Å². The summed E-state index contributed by atoms with van der Waals surface area (Å²) in [5.41, 5.74) is 0.619. The van der Waals surface area contributed by atoms with Crippen LogP contribution in [-0.2, 0) is 14.3 Å². The molecule has 1 unspecified atom stereocenters. The number of hydrogen-bond donors (Lipinski definition) is 0. The van der Waals surface area contributed by atoms with Gasteiger partial charge in [-0.15, -0.1) is 0 Å². The molecule has 1 aromatic carbocycles. The Morgan fingerprint density at radius 3 is 2.65 bits per heavy atom. The monoisotopic (exact) mass is 298 g/mol. The first kappa shape index (κ1) is 15.1. The number of para-hydroxylation sites is 1. The van der Waals surface area contributed by atoms with E-state index in [0.29, 0.717) is 35.8 Å². The van der Waals surface area contributed by atoms with E-state index in [0.717, 1.165) is 0 Å². The summed E-state index contributed by atoms with van der Waals surface area (Å²) < 4.78 is 17.0. The zero-order chi connectivity index (χ0) is 14.8. The molecule has 110 valence electrons. The quantitative estimate of drug-likeness (QED) is 0.792. The van der Waals surface area contributed by atoms with Gasteiger partial charge in [0.15, 0.2) is 6.10 Å². The van der Waals surface area contributed by atoms with Gasteiger partial charge in [-0.3, -0.25) is 0 Å². The van der Waals surface area contributed by atoms with Crippen LogP contribution in [0.4, 0.5) is 0 Å². The number of esters is 1. The highest BCUT2D eigenvalue weighted by Gasteiger charge is 2.43. The first-order valence-electron chi connectivity index (χ1n) is 6.88. The molecule has 0 saturated carbocycles. The Labute approximate surface area is 124 Å². The highest BCUT2D eigenvalue weighted by Crippen LogP contribution is 2.45. The molecule has 5 heteroatoms. The molecule has 1 aromatic rings. The minimum Gasteiger partial charge on any atom is -0.464 e. The Kier molecular flexibility index (Phi) is 4.55. The average Bonchev–Trinajstić information content (AvgIpc) is 2.47. The van der Waals surface area contributed by atoms with Crippen molar-refractivity contribution in [1.29, 1.82) is 0 Å². The van der Waals surface area contributed by atoms with E-state index in [2.05, 4.69) is 0 Å². The maximum absolute atomic E-state index is 12.1. The Morgan fingerprint density at radius 1 is 1.35 bits per heavy atom. The van der Waals surface area contributed by atoms with Crippen molar-refractivity contribution in [1.82, 2.24) is 0 Å². The van der Waals surface area contributed by atoms with Gasteiger partial charge in [-0.1, -0.05) is 37.6 Å². The van der Waals surface area contributed by atoms with Crippen LogP contribution in [0.2, 0.25) is 5.02 Å². The summed E-state index contributed by atoms with van der Waals surface area (Å²) in [5, 5.41) is 0.478. The number of fused-ring (bicyclic) bond motifs is 1. The number of benzene rings is 1. The zero-order valence-electron chi connectivity index (χ0n) is 11.9. The van der Waals surface area contributed by atoms with Crippen molar-refractivity contribution in [2.24, 2.45) is 0 Å². The van der Waals surface area contributed by atoms with E-state index < -0.39 is 17.9 Å². The van der Waals surface area contributed by atoms with Gasteiger partial charge in [0.25, 0.3) is 0 Å². The van der Waals surface area contributed by atoms with Crippen LogP contribution in [0.5, 0.6) is 5.75 Å². The van der Waals surface area contributed by atoms with Gasteiger partial charge in [0.05, 0.1) is 11.6 Å². The van der Waals surface area contributed by atoms with E-state index in [4.69, 9.17) is 25.8 Å². The molecule has 20 heavy (non-hydrogen) atoms. The second-order valence-corrected chi connectivity index (χ2v) is 5.04. The highest BCUT2D eigenvalue weighted by atomic mass is 35.5. The maximum Gasteiger partial charge on any atom is 0.340 e. The number of carbonyl (C=O) groups is 1. The van der Waals surface area contributed by atoms with Crippen molar-refractivity contribution < 1.29 is 19.0 Å². The minimum atomic E-state index is -0.838. The normalized spacial score (nSPS) is 19.9. The van der Waals surface area contributed by atoms with E-state index >= 15 is 0 Å². The fourth-order valence-electron chi connectivity index (χ4n) is 2.28. The molecule has 0 saturated heterocycles. The van der Waals surface area contributed by atoms with Crippen LogP contribution in [-0.4, -0.2) is 18.4 Å². The van der Waals surface area contributed by atoms with Crippen molar-refractivity contribution in [3.8, 4) is 5.75 Å². The first-order chi connectivity index (χ1) is 9.56. The van der Waals surface area contributed by atoms with Crippen molar-refractivity contribution >= 4 is 17.6 Å². The second kappa shape index (κ2) is 6.02. The second-order valence-electron chi connectivity index (χ2n) is 4.63. The number of halogens is 1. The Balaban J connectivity index is 2.47. The summed E-state index contributed by atoms with van der Waals surface area (Å²) in [6.45, 7) is 5.98. The van der Waals surface area contributed by atoms with Gasteiger partial charge < -0.3 is 14.2 Å². The Bertz CT molecular complexity index is 497. The molecule has 0 aliphatic carbocycles. The molecule has 0 spiro atoms. The lowest BCUT2D eigenvalue weighted by Gasteiger charge is -2.40. The summed E-state index contributed by atoms with van der Waals surface area (Å²) in [7, 11) is 0. The molecule has 0 aromatic heterocycles. The van der Waals surface area contributed by atoms with Crippen molar-refractivity contribution in [2.75, 3.05) is 6.61 Å². The zero-order valence-corrected chi connectivity index (χ0v) is 12.7. The van der Waals surface area contributed by atoms with Crippen LogP contribution >= 0.6 is 11.6 Å². The molecule has 2 rings (SSSR count). The molecular weight excluding hydrogens is 280 g/mol. The van der Waals surface area contributed by atoms with Gasteiger partial charge in [0.2, 0.25) is 5.79 Å². The molecule has 1 aliphatic rings. The van der Waals surface area contributed by atoms with Crippen LogP contribution < -0.4 is 4.74 Å². The van der Waals surface area contributed by atoms with E-state index in [1.54, 1.807) is 25.1 Å². The first-order valence-corrected chi connectivity index (χ1v) is 7.26. The fraction of sp³-hybridized carbons (Fsp3) is 0.533. The number of rotatable bonds is 4. The summed E-state index contributed by atoms with van der Waals surface area (Å²) in [5.74, 6) is -0.733. The molecule has 1 atom stereocenters. The van der Waals surface area contributed by atoms with Crippen LogP contribution in [0.15, 0.2) is 18.2 Å². The Hall–Kier alpha value is -1.26. The van der Waals surface area contributed by atoms with Crippen molar-refractivity contribution in [3.05, 3.63) is 28.8 Å². The average molecular weight is 299 g/mol. The van der Waals surface area contributed by atoms with Gasteiger partial charge in [-0.25, -0.2) is 4.79 Å². The van der Waals surface area contributed by atoms with Crippen molar-refractivity contribution in [3.63, 3.8) is 0 Å². The molecular formula is C15H19ClO4. The minimum absolute atomic E-state index is 0.306. The highest BCUT2D eigenvalue weighted by molar-refractivity contribution is 6.32. The van der Waals surface area contributed by atoms with Crippen molar-refractivity contribution in [2.45, 2.75) is 45.5 Å². The lowest BCUT2D eigenvalue weighted by Crippen LogP contribution is -2.44. The largest absolute Gasteiger partial charge is 0.464 e. The standard InChI is InChI=1S/C15H19ClO4/c1-4-15(5-2)19-12-10(8-7-9-11(12)16)13(20-15)14(17)18-6-3/h7-9,13H,4-6H2,1-3H3. The topological polar surface area (TPSA) is 44.8 Å². The molecule has 1 heterocycles. The predicted molar refractivity (Wildman–Crippen MR) is 75.9 cm³/mol. The third kappa shape index (κ3) is 2.63. The molecule has 4 nitrogen and oxygen atoms in total. The molecule has 0 amide bonds. The van der Waals surface area contributed by atoms with Gasteiger partial charge in [0, 0.05) is 18.4 Å². The van der Waals surface area contributed by atoms with Crippen LogP contribution in [0.1, 0.15) is 45.3 Å². The van der Waals surface area contributed by atoms with E-state index in [1.807, 2.05) is 13.8 Å². The van der Waals surface area contributed by atoms with E-state index in [-0.39, 0.29) is 0 Å². The molecule has 0 bridgehead atoms. The third-order valence-corrected chi connectivity index (χ3v) is 3.78. The SMILES string of the molecule is CCOC(=O)C1OC(CC)(CC)Oc2c(Cl)cccc21. The fourth-order valence-corrected chi connectivity index (χ4v) is 2.50. The lowest BCUT2D eigenvalue weighted by atomic mass is 10.0. The van der Waals surface area contributed by atoms with Crippen LogP contribution in [0.3, 0.4) is 0 Å². The van der Waals surface area contributed by atoms with Gasteiger partial charge in [0.1, 0.15) is 5.75 Å². The maximum atomic E-state index is 12.1. The van der Waals surface area contributed by atoms with Crippen LogP contribution in [0, 0.1) is 0 Å². The molecule has 0 fully saturated rings. The number of hydrogen-bond acceptors (Lipinski definition) is 4. The Morgan fingerprint density at radius 2 is 2.05 bits per heavy atom. The number of carbonyl (C=O) groups excluding carboxylic acids is 1. The summed E-state index contributed by atoms with van der Waals surface area (Å²) in [6.07, 6.45) is 0.436. The van der Waals surface area contributed by atoms with Gasteiger partial charge in [-0.05, 0) is 13.0 Å². The summed E-state index contributed by atoms with van der Waals surface area (Å²) in [4.78, 5) is 12.1. The number of ether oxygens (including phenoxy) is 3. The molecule has 0 N–H and O–H groups in total. The summed E-state index contributed by atoms with van der Waals surface area (Å²) in [6, 6.07) is 5.28. The third-order valence-electron chi connectivity index (χ3n) is 3.48. The molecule has 0 radical (unpaired) electrons. The van der Waals surface area contributed by atoms with Crippen LogP contribution in [0.25, 0.3) is 0 Å². The lowest BCUT2D eigenvalue weighted by molar-refractivity contribution is -0.239. The van der Waals surface area contributed by atoms with E-state index in [9.17, 15) is 4.79 Å². The summed E-state index contributed by atoms with van der Waals surface area (Å²) >= 11 is 6.20. The predicted octanol–water partition coefficient (Wildman–Crippen LogP) is 3.87. The molecule has 1 aliphatic heterocycles. The van der Waals surface area contributed by atoms with Gasteiger partial charge in [-0.2, -0.15) is 0 Å². The smallest absolute Gasteiger partial charge is 0.340 e. The van der Waals surface area contributed by atoms with E-state index in [1.165, 1.54) is 0 Å².